The minimum atomic E-state index is -1.46. The first-order valence-electron chi connectivity index (χ1n) is 9.83. The van der Waals surface area contributed by atoms with Crippen LogP contribution >= 0.6 is 0 Å². The molecule has 0 atom stereocenters. The molecule has 10 nitrogen and oxygen atoms in total. The lowest BCUT2D eigenvalue weighted by atomic mass is 9.82. The van der Waals surface area contributed by atoms with Gasteiger partial charge >= 0.3 is 23.9 Å². The molecule has 0 radical (unpaired) electrons. The monoisotopic (exact) mass is 454 g/mol. The van der Waals surface area contributed by atoms with E-state index in [1.54, 1.807) is 18.2 Å². The third kappa shape index (κ3) is 2.23. The van der Waals surface area contributed by atoms with Crippen LogP contribution in [0.2, 0.25) is 0 Å². The molecule has 164 valence electrons. The average Bonchev–Trinajstić information content (AvgIpc) is 2.80. The zero-order chi connectivity index (χ0) is 24.0. The number of nitrogens with zero attached hydrogens (tertiary/aromatic N) is 2. The fourth-order valence-corrected chi connectivity index (χ4v) is 5.04. The summed E-state index contributed by atoms with van der Waals surface area (Å²) in [5.74, 6) is -5.60. The summed E-state index contributed by atoms with van der Waals surface area (Å²) in [6, 6.07) is 8.46. The van der Waals surface area contributed by atoms with E-state index < -0.39 is 35.0 Å². The Hall–Kier alpha value is -5.12. The van der Waals surface area contributed by atoms with Gasteiger partial charge in [0.1, 0.15) is 0 Å². The average molecular weight is 454 g/mol. The van der Waals surface area contributed by atoms with E-state index in [1.165, 1.54) is 12.1 Å². The summed E-state index contributed by atoms with van der Waals surface area (Å²) in [6.07, 6.45) is 0. The van der Waals surface area contributed by atoms with Crippen molar-refractivity contribution in [1.29, 1.82) is 0 Å². The SMILES string of the molecule is O=C(O)c1cc2nnc3cc(C(=O)O)c4c(C(=O)O)cc5cccc6c(c1C(=O)O)c2c3c4c56. The Balaban J connectivity index is 2.10. The molecule has 6 aromatic rings. The van der Waals surface area contributed by atoms with Crippen LogP contribution in [0.5, 0.6) is 0 Å². The van der Waals surface area contributed by atoms with Crippen LogP contribution in [-0.4, -0.2) is 54.5 Å². The van der Waals surface area contributed by atoms with Gasteiger partial charge in [0, 0.05) is 26.9 Å². The van der Waals surface area contributed by atoms with E-state index in [4.69, 9.17) is 0 Å². The second-order valence-electron chi connectivity index (χ2n) is 7.88. The minimum Gasteiger partial charge on any atom is -0.478 e. The van der Waals surface area contributed by atoms with Crippen LogP contribution in [0.4, 0.5) is 0 Å². The van der Waals surface area contributed by atoms with Crippen molar-refractivity contribution in [3.8, 4) is 0 Å². The first kappa shape index (κ1) is 19.6. The zero-order valence-corrected chi connectivity index (χ0v) is 16.8. The van der Waals surface area contributed by atoms with Gasteiger partial charge in [-0.3, -0.25) is 0 Å². The van der Waals surface area contributed by atoms with E-state index in [-0.39, 0.29) is 38.3 Å². The van der Waals surface area contributed by atoms with Crippen LogP contribution in [0.3, 0.4) is 0 Å². The van der Waals surface area contributed by atoms with Crippen molar-refractivity contribution < 1.29 is 39.6 Å². The fraction of sp³-hybridized carbons (Fsp3) is 0. The number of rotatable bonds is 4. The molecule has 1 aromatic heterocycles. The number of hydrogen-bond donors (Lipinski definition) is 4. The van der Waals surface area contributed by atoms with Gasteiger partial charge in [-0.15, -0.1) is 10.2 Å². The maximum atomic E-state index is 12.3. The standard InChI is InChI=1S/C24H10N2O8/c27-21(28)9-4-7-2-1-3-8-14(7)20-15(9)10(22(29)30)5-13-19(20)18-12(25-26-13)6-11(23(31)32)17(16(8)18)24(33)34/h1-6H,(H,27,28)(H,29,30)(H,31,32)(H,33,34). The van der Waals surface area contributed by atoms with Gasteiger partial charge in [0.15, 0.2) is 0 Å². The Labute approximate surface area is 186 Å². The summed E-state index contributed by atoms with van der Waals surface area (Å²) in [7, 11) is 0. The highest BCUT2D eigenvalue weighted by Crippen LogP contribution is 2.47. The molecule has 0 aliphatic heterocycles. The number of hydrogen-bond acceptors (Lipinski definition) is 6. The Bertz CT molecular complexity index is 1900. The van der Waals surface area contributed by atoms with Gasteiger partial charge in [-0.1, -0.05) is 18.2 Å². The largest absolute Gasteiger partial charge is 0.478 e. The Morgan fingerprint density at radius 1 is 0.559 bits per heavy atom. The Kier molecular flexibility index (Phi) is 3.58. The molecule has 34 heavy (non-hydrogen) atoms. The predicted molar refractivity (Wildman–Crippen MR) is 120 cm³/mol. The van der Waals surface area contributed by atoms with E-state index >= 15 is 0 Å². The maximum Gasteiger partial charge on any atom is 0.337 e. The number of fused-ring (bicyclic) bond motifs is 1. The van der Waals surface area contributed by atoms with Gasteiger partial charge in [0.05, 0.1) is 33.3 Å². The number of carboxylic acid groups (broad SMARTS) is 4. The van der Waals surface area contributed by atoms with E-state index in [0.717, 1.165) is 6.07 Å². The van der Waals surface area contributed by atoms with Gasteiger partial charge in [-0.25, -0.2) is 19.2 Å². The summed E-state index contributed by atoms with van der Waals surface area (Å²) in [4.78, 5) is 48.5. The van der Waals surface area contributed by atoms with E-state index in [9.17, 15) is 39.6 Å². The Morgan fingerprint density at radius 2 is 1.12 bits per heavy atom. The lowest BCUT2D eigenvalue weighted by Gasteiger charge is -2.20. The summed E-state index contributed by atoms with van der Waals surface area (Å²) >= 11 is 0. The van der Waals surface area contributed by atoms with Crippen LogP contribution in [0.15, 0.2) is 36.4 Å². The third-order valence-corrected chi connectivity index (χ3v) is 6.22. The topological polar surface area (TPSA) is 175 Å². The molecule has 0 saturated carbocycles. The normalized spacial score (nSPS) is 11.9. The molecule has 5 aromatic carbocycles. The molecule has 4 N–H and O–H groups in total. The summed E-state index contributed by atoms with van der Waals surface area (Å²) in [5, 5.41) is 49.8. The molecule has 0 fully saturated rings. The highest BCUT2D eigenvalue weighted by molar-refractivity contribution is 6.43. The second-order valence-corrected chi connectivity index (χ2v) is 7.88. The van der Waals surface area contributed by atoms with Gasteiger partial charge in [0.25, 0.3) is 0 Å². The lowest BCUT2D eigenvalue weighted by molar-refractivity contribution is 0.0653. The molecule has 0 amide bonds. The van der Waals surface area contributed by atoms with Crippen LogP contribution < -0.4 is 0 Å². The van der Waals surface area contributed by atoms with E-state index in [0.29, 0.717) is 26.9 Å². The summed E-state index contributed by atoms with van der Waals surface area (Å²) in [5.41, 5.74) is -1.20. The van der Waals surface area contributed by atoms with E-state index in [2.05, 4.69) is 10.2 Å². The van der Waals surface area contributed by atoms with Crippen LogP contribution in [0, 0.1) is 0 Å². The van der Waals surface area contributed by atoms with Gasteiger partial charge in [0.2, 0.25) is 0 Å². The highest BCUT2D eigenvalue weighted by Gasteiger charge is 2.30. The Morgan fingerprint density at radius 3 is 1.71 bits per heavy atom. The number of aromatic nitrogens is 2. The van der Waals surface area contributed by atoms with Crippen molar-refractivity contribution in [3.63, 3.8) is 0 Å². The van der Waals surface area contributed by atoms with Gasteiger partial charge in [-0.2, -0.15) is 0 Å². The van der Waals surface area contributed by atoms with Crippen LogP contribution in [0.1, 0.15) is 41.4 Å². The highest BCUT2D eigenvalue weighted by atomic mass is 16.4. The van der Waals surface area contributed by atoms with Crippen molar-refractivity contribution in [2.24, 2.45) is 0 Å². The molecule has 1 heterocycles. The molecule has 0 spiro atoms. The second kappa shape index (κ2) is 6.23. The first-order chi connectivity index (χ1) is 16.2. The zero-order valence-electron chi connectivity index (χ0n) is 16.8. The quantitative estimate of drug-likeness (QED) is 0.226. The number of benzene rings is 5. The third-order valence-electron chi connectivity index (χ3n) is 6.22. The van der Waals surface area contributed by atoms with Crippen molar-refractivity contribution in [1.82, 2.24) is 10.2 Å². The van der Waals surface area contributed by atoms with Gasteiger partial charge in [-0.05, 0) is 34.4 Å². The molecule has 0 aliphatic carbocycles. The predicted octanol–water partition coefficient (Wildman–Crippen LogP) is 3.91. The molecule has 0 unspecified atom stereocenters. The molecule has 0 saturated heterocycles. The summed E-state index contributed by atoms with van der Waals surface area (Å²) in [6.45, 7) is 0. The number of carboxylic acids is 4. The number of carbonyl (C=O) groups is 4. The fourth-order valence-electron chi connectivity index (χ4n) is 5.04. The van der Waals surface area contributed by atoms with Crippen molar-refractivity contribution >= 4 is 78.0 Å². The summed E-state index contributed by atoms with van der Waals surface area (Å²) < 4.78 is 0. The molecule has 0 bridgehead atoms. The van der Waals surface area contributed by atoms with Gasteiger partial charge < -0.3 is 20.4 Å². The molecule has 10 heteroatoms. The minimum absolute atomic E-state index is 0.0217. The molecule has 0 aliphatic rings. The lowest BCUT2D eigenvalue weighted by Crippen LogP contribution is -2.11. The molecular weight excluding hydrogens is 444 g/mol. The van der Waals surface area contributed by atoms with Crippen LogP contribution in [-0.2, 0) is 0 Å². The van der Waals surface area contributed by atoms with Crippen molar-refractivity contribution in [3.05, 3.63) is 58.7 Å². The number of aromatic carboxylic acids is 4. The smallest absolute Gasteiger partial charge is 0.337 e. The van der Waals surface area contributed by atoms with E-state index in [1.807, 2.05) is 0 Å². The van der Waals surface area contributed by atoms with Crippen molar-refractivity contribution in [2.75, 3.05) is 0 Å². The van der Waals surface area contributed by atoms with Crippen molar-refractivity contribution in [2.45, 2.75) is 0 Å². The molecule has 6 rings (SSSR count). The maximum absolute atomic E-state index is 12.3. The first-order valence-corrected chi connectivity index (χ1v) is 9.83. The molecular formula is C24H10N2O8. The van der Waals surface area contributed by atoms with Crippen LogP contribution in [0.25, 0.3) is 54.1 Å².